The Bertz CT molecular complexity index is 1260. The highest BCUT2D eigenvalue weighted by Gasteiger charge is 2.46. The van der Waals surface area contributed by atoms with Crippen molar-refractivity contribution in [3.05, 3.63) is 59.2 Å². The van der Waals surface area contributed by atoms with E-state index < -0.39 is 29.1 Å². The fraction of sp³-hybridized carbons (Fsp3) is 0.516. The summed E-state index contributed by atoms with van der Waals surface area (Å²) in [4.78, 5) is 40.7. The maximum atomic E-state index is 13.1. The Morgan fingerprint density at radius 2 is 1.73 bits per heavy atom. The molecule has 0 saturated carbocycles. The molecule has 0 aromatic heterocycles. The van der Waals surface area contributed by atoms with E-state index in [2.05, 4.69) is 17.4 Å². The predicted octanol–water partition coefficient (Wildman–Crippen LogP) is 6.37. The Morgan fingerprint density at radius 1 is 1.05 bits per heavy atom. The van der Waals surface area contributed by atoms with Gasteiger partial charge in [-0.25, -0.2) is 14.5 Å². The third-order valence-electron chi connectivity index (χ3n) is 7.58. The molecule has 4 rings (SSSR count). The number of carbonyl (C=O) groups excluding carboxylic acids is 2. The lowest BCUT2D eigenvalue weighted by atomic mass is 9.80. The molecule has 2 aromatic carbocycles. The van der Waals surface area contributed by atoms with Crippen molar-refractivity contribution < 1.29 is 29.0 Å². The predicted molar refractivity (Wildman–Crippen MR) is 153 cm³/mol. The molecule has 3 amide bonds. The van der Waals surface area contributed by atoms with Crippen LogP contribution in [0.4, 0.5) is 15.3 Å². The molecular formula is C31H41N3O6. The number of nitrogens with one attached hydrogen (secondary N) is 1. The van der Waals surface area contributed by atoms with Crippen LogP contribution in [0.15, 0.2) is 42.5 Å². The lowest BCUT2D eigenvalue weighted by Crippen LogP contribution is -2.46. The maximum Gasteiger partial charge on any atom is 0.414 e. The summed E-state index contributed by atoms with van der Waals surface area (Å²) in [5.41, 5.74) is 1.99. The van der Waals surface area contributed by atoms with Crippen LogP contribution in [0.2, 0.25) is 0 Å². The van der Waals surface area contributed by atoms with Gasteiger partial charge in [0.05, 0.1) is 13.2 Å². The minimum absolute atomic E-state index is 0.0662. The SMILES string of the molecule is COc1ccc([C@@H]2CCN(C(=O)OC(C)(C)C)C[C@H]2CNc2ccc3c(c2)C(=O)N(C(=O)O)C3C(C)(C)C)cc1. The van der Waals surface area contributed by atoms with Gasteiger partial charge in [0.15, 0.2) is 0 Å². The van der Waals surface area contributed by atoms with Crippen LogP contribution in [0.5, 0.6) is 5.75 Å². The van der Waals surface area contributed by atoms with Crippen molar-refractivity contribution in [2.75, 3.05) is 32.1 Å². The van der Waals surface area contributed by atoms with Gasteiger partial charge in [-0.1, -0.05) is 39.0 Å². The highest BCUT2D eigenvalue weighted by molar-refractivity contribution is 6.07. The number of hydrogen-bond donors (Lipinski definition) is 2. The molecule has 2 heterocycles. The number of imide groups is 1. The van der Waals surface area contributed by atoms with E-state index >= 15 is 0 Å². The lowest BCUT2D eigenvalue weighted by Gasteiger charge is -2.39. The maximum absolute atomic E-state index is 13.1. The topological polar surface area (TPSA) is 108 Å². The van der Waals surface area contributed by atoms with E-state index in [1.807, 2.05) is 65.8 Å². The number of hydrogen-bond acceptors (Lipinski definition) is 6. The van der Waals surface area contributed by atoms with E-state index in [0.29, 0.717) is 25.2 Å². The van der Waals surface area contributed by atoms with Gasteiger partial charge in [0.25, 0.3) is 5.91 Å². The first-order valence-corrected chi connectivity index (χ1v) is 13.8. The number of benzene rings is 2. The number of nitrogens with zero attached hydrogens (tertiary/aromatic N) is 2. The summed E-state index contributed by atoms with van der Waals surface area (Å²) in [6.45, 7) is 13.0. The summed E-state index contributed by atoms with van der Waals surface area (Å²) in [6, 6.07) is 13.0. The fourth-order valence-corrected chi connectivity index (χ4v) is 5.80. The molecule has 0 spiro atoms. The summed E-state index contributed by atoms with van der Waals surface area (Å²) in [6.07, 6.45) is -0.792. The van der Waals surface area contributed by atoms with Crippen molar-refractivity contribution in [1.82, 2.24) is 9.80 Å². The highest BCUT2D eigenvalue weighted by atomic mass is 16.6. The van der Waals surface area contributed by atoms with Crippen LogP contribution in [0, 0.1) is 11.3 Å². The van der Waals surface area contributed by atoms with Gasteiger partial charge < -0.3 is 24.8 Å². The van der Waals surface area contributed by atoms with Gasteiger partial charge in [-0.3, -0.25) is 4.79 Å². The molecule has 9 heteroatoms. The second kappa shape index (κ2) is 11.0. The molecule has 216 valence electrons. The highest BCUT2D eigenvalue weighted by Crippen LogP contribution is 2.45. The molecule has 2 aliphatic rings. The van der Waals surface area contributed by atoms with Crippen molar-refractivity contribution >= 4 is 23.8 Å². The van der Waals surface area contributed by atoms with Crippen LogP contribution < -0.4 is 10.1 Å². The summed E-state index contributed by atoms with van der Waals surface area (Å²) in [5.74, 6) is 0.546. The van der Waals surface area contributed by atoms with Gasteiger partial charge in [0.1, 0.15) is 11.4 Å². The Labute approximate surface area is 236 Å². The summed E-state index contributed by atoms with van der Waals surface area (Å²) in [7, 11) is 1.64. The molecule has 1 fully saturated rings. The number of carboxylic acid groups (broad SMARTS) is 1. The van der Waals surface area contributed by atoms with Gasteiger partial charge in [0.2, 0.25) is 0 Å². The number of piperidine rings is 1. The van der Waals surface area contributed by atoms with Crippen LogP contribution in [0.3, 0.4) is 0 Å². The van der Waals surface area contributed by atoms with Crippen molar-refractivity contribution in [2.45, 2.75) is 65.5 Å². The number of anilines is 1. The van der Waals surface area contributed by atoms with E-state index in [1.165, 1.54) is 5.56 Å². The van der Waals surface area contributed by atoms with Crippen molar-refractivity contribution in [3.63, 3.8) is 0 Å². The zero-order valence-electron chi connectivity index (χ0n) is 24.5. The summed E-state index contributed by atoms with van der Waals surface area (Å²) >= 11 is 0. The second-order valence-electron chi connectivity index (χ2n) is 12.8. The standard InChI is InChI=1S/C31H41N3O6/c1-30(2,3)26-24-13-10-21(16-25(24)27(35)34(26)28(36)37)32-17-20-18-33(29(38)40-31(4,5)6)15-14-23(20)19-8-11-22(39-7)12-9-19/h8-13,16,20,23,26,32H,14-15,17-18H2,1-7H3,(H,36,37)/t20-,23+,26?/m1/s1. The Kier molecular flexibility index (Phi) is 8.06. The Balaban J connectivity index is 1.57. The minimum Gasteiger partial charge on any atom is -0.497 e. The van der Waals surface area contributed by atoms with E-state index in [4.69, 9.17) is 9.47 Å². The van der Waals surface area contributed by atoms with Gasteiger partial charge >= 0.3 is 12.2 Å². The number of carbonyl (C=O) groups is 3. The number of ether oxygens (including phenoxy) is 2. The Hall–Kier alpha value is -3.75. The van der Waals surface area contributed by atoms with E-state index in [0.717, 1.165) is 28.3 Å². The average molecular weight is 552 g/mol. The van der Waals surface area contributed by atoms with Crippen molar-refractivity contribution in [1.29, 1.82) is 0 Å². The van der Waals surface area contributed by atoms with Crippen molar-refractivity contribution in [2.24, 2.45) is 11.3 Å². The third-order valence-corrected chi connectivity index (χ3v) is 7.58. The molecule has 0 bridgehead atoms. The molecule has 1 saturated heterocycles. The Morgan fingerprint density at radius 3 is 2.30 bits per heavy atom. The summed E-state index contributed by atoms with van der Waals surface area (Å²) in [5, 5.41) is 13.3. The molecule has 40 heavy (non-hydrogen) atoms. The van der Waals surface area contributed by atoms with Crippen LogP contribution in [0.1, 0.15) is 81.4 Å². The van der Waals surface area contributed by atoms with Gasteiger partial charge in [-0.15, -0.1) is 0 Å². The first-order valence-electron chi connectivity index (χ1n) is 13.8. The van der Waals surface area contributed by atoms with Crippen LogP contribution in [0.25, 0.3) is 0 Å². The number of methoxy groups -OCH3 is 1. The molecule has 0 aliphatic carbocycles. The molecule has 0 radical (unpaired) electrons. The monoisotopic (exact) mass is 551 g/mol. The summed E-state index contributed by atoms with van der Waals surface area (Å²) < 4.78 is 11.0. The smallest absolute Gasteiger partial charge is 0.414 e. The van der Waals surface area contributed by atoms with E-state index in [-0.39, 0.29) is 17.9 Å². The van der Waals surface area contributed by atoms with Gasteiger partial charge in [-0.05, 0) is 73.9 Å². The quantitative estimate of drug-likeness (QED) is 0.445. The van der Waals surface area contributed by atoms with Gasteiger partial charge in [-0.2, -0.15) is 0 Å². The fourth-order valence-electron chi connectivity index (χ4n) is 5.80. The number of rotatable bonds is 5. The minimum atomic E-state index is -1.25. The molecule has 1 unspecified atom stereocenters. The normalized spacial score (nSPS) is 21.2. The van der Waals surface area contributed by atoms with E-state index in [1.54, 1.807) is 18.1 Å². The molecule has 9 nitrogen and oxygen atoms in total. The number of fused-ring (bicyclic) bond motifs is 1. The second-order valence-corrected chi connectivity index (χ2v) is 12.8. The zero-order valence-corrected chi connectivity index (χ0v) is 24.5. The molecule has 2 aliphatic heterocycles. The number of amides is 3. The largest absolute Gasteiger partial charge is 0.497 e. The van der Waals surface area contributed by atoms with Crippen LogP contribution in [-0.2, 0) is 4.74 Å². The van der Waals surface area contributed by atoms with Crippen LogP contribution in [-0.4, -0.2) is 65.3 Å². The lowest BCUT2D eigenvalue weighted by molar-refractivity contribution is 0.0152. The molecule has 2 N–H and O–H groups in total. The molecule has 2 aromatic rings. The first kappa shape index (κ1) is 29.2. The average Bonchev–Trinajstić information content (AvgIpc) is 3.19. The first-order chi connectivity index (χ1) is 18.7. The van der Waals surface area contributed by atoms with Gasteiger partial charge in [0, 0.05) is 36.8 Å². The van der Waals surface area contributed by atoms with Crippen molar-refractivity contribution in [3.8, 4) is 5.75 Å². The van der Waals surface area contributed by atoms with Crippen LogP contribution >= 0.6 is 0 Å². The number of likely N-dealkylation sites (tertiary alicyclic amines) is 1. The molecular weight excluding hydrogens is 510 g/mol. The van der Waals surface area contributed by atoms with E-state index in [9.17, 15) is 19.5 Å². The zero-order chi connectivity index (χ0) is 29.4. The third kappa shape index (κ3) is 6.18. The molecule has 3 atom stereocenters.